The third-order valence-corrected chi connectivity index (χ3v) is 9.43. The Kier molecular flexibility index (Phi) is 9.30. The second-order valence-electron chi connectivity index (χ2n) is 13.1. The van der Waals surface area contributed by atoms with Crippen molar-refractivity contribution in [3.63, 3.8) is 0 Å². The monoisotopic (exact) mass is 601 g/mol. The van der Waals surface area contributed by atoms with E-state index in [1.807, 2.05) is 12.1 Å². The zero-order valence-corrected chi connectivity index (χ0v) is 26.0. The van der Waals surface area contributed by atoms with Crippen molar-refractivity contribution in [2.45, 2.75) is 114 Å². The molecule has 2 N–H and O–H groups in total. The van der Waals surface area contributed by atoms with E-state index in [9.17, 15) is 19.8 Å². The van der Waals surface area contributed by atoms with Crippen LogP contribution in [-0.4, -0.2) is 83.5 Å². The standard InChI is InChI=1S/C33H47NO9/c1-5-6-7-8-16-40-27(35)20-33(38,13-12-31(2,3)37)30(36)43-29-26(39-4)19-32-11-9-14-34(32)15-10-22-17-24-25(42-21-41-24)18-23(22)28(29)32/h17-19,28-29,37-38H,5-16,20-21H2,1-4H3/t28-,29?,32-,33-/m1/s1. The normalized spacial score (nSPS) is 25.6. The van der Waals surface area contributed by atoms with Gasteiger partial charge in [-0.15, -0.1) is 0 Å². The third-order valence-electron chi connectivity index (χ3n) is 9.43. The van der Waals surface area contributed by atoms with Crippen molar-refractivity contribution < 1.29 is 43.5 Å². The van der Waals surface area contributed by atoms with Gasteiger partial charge >= 0.3 is 11.9 Å². The second-order valence-corrected chi connectivity index (χ2v) is 13.1. The summed E-state index contributed by atoms with van der Waals surface area (Å²) in [5.74, 6) is -0.0495. The molecule has 10 heteroatoms. The van der Waals surface area contributed by atoms with Crippen molar-refractivity contribution in [1.29, 1.82) is 0 Å². The molecule has 1 aromatic rings. The van der Waals surface area contributed by atoms with Gasteiger partial charge in [0.2, 0.25) is 6.79 Å². The molecule has 4 aliphatic rings. The summed E-state index contributed by atoms with van der Waals surface area (Å²) in [6.07, 6.45) is 7.00. The molecule has 1 fully saturated rings. The van der Waals surface area contributed by atoms with Gasteiger partial charge in [0, 0.05) is 6.54 Å². The van der Waals surface area contributed by atoms with Crippen LogP contribution in [0.15, 0.2) is 24.0 Å². The summed E-state index contributed by atoms with van der Waals surface area (Å²) in [6.45, 7) is 7.41. The number of aliphatic hydroxyl groups is 2. The number of fused-ring (bicyclic) bond motifs is 3. The van der Waals surface area contributed by atoms with Crippen molar-refractivity contribution in [3.8, 4) is 11.5 Å². The van der Waals surface area contributed by atoms with Gasteiger partial charge < -0.3 is 33.9 Å². The van der Waals surface area contributed by atoms with Crippen molar-refractivity contribution in [1.82, 2.24) is 4.90 Å². The first-order valence-corrected chi connectivity index (χ1v) is 15.8. The van der Waals surface area contributed by atoms with E-state index in [1.54, 1.807) is 21.0 Å². The van der Waals surface area contributed by atoms with Crippen LogP contribution in [0.4, 0.5) is 0 Å². The number of ether oxygens (including phenoxy) is 5. The zero-order valence-electron chi connectivity index (χ0n) is 26.0. The van der Waals surface area contributed by atoms with Gasteiger partial charge in [0.15, 0.2) is 23.2 Å². The topological polar surface area (TPSA) is 124 Å². The Bertz CT molecular complexity index is 1220. The number of carbonyl (C=O) groups is 2. The molecule has 1 spiro atoms. The fourth-order valence-electron chi connectivity index (χ4n) is 7.10. The highest BCUT2D eigenvalue weighted by atomic mass is 16.7. The molecule has 3 heterocycles. The Morgan fingerprint density at radius 2 is 1.86 bits per heavy atom. The summed E-state index contributed by atoms with van der Waals surface area (Å²) in [7, 11) is 1.56. The lowest BCUT2D eigenvalue weighted by atomic mass is 9.77. The maximum absolute atomic E-state index is 14.0. The molecule has 4 atom stereocenters. The number of methoxy groups -OCH3 is 1. The number of hydrogen-bond donors (Lipinski definition) is 2. The van der Waals surface area contributed by atoms with Crippen LogP contribution in [0.25, 0.3) is 0 Å². The molecule has 238 valence electrons. The summed E-state index contributed by atoms with van der Waals surface area (Å²) in [4.78, 5) is 29.3. The smallest absolute Gasteiger partial charge is 0.339 e. The summed E-state index contributed by atoms with van der Waals surface area (Å²) in [5, 5.41) is 22.2. The van der Waals surface area contributed by atoms with Gasteiger partial charge in [-0.05, 0) is 88.3 Å². The molecule has 1 saturated heterocycles. The van der Waals surface area contributed by atoms with E-state index in [0.717, 1.165) is 62.7 Å². The average Bonchev–Trinajstić information content (AvgIpc) is 3.65. The highest BCUT2D eigenvalue weighted by Crippen LogP contribution is 2.55. The molecule has 10 nitrogen and oxygen atoms in total. The van der Waals surface area contributed by atoms with Crippen LogP contribution in [-0.2, 0) is 30.2 Å². The lowest BCUT2D eigenvalue weighted by molar-refractivity contribution is -0.180. The fraction of sp³-hybridized carbons (Fsp3) is 0.697. The van der Waals surface area contributed by atoms with Crippen molar-refractivity contribution in [3.05, 3.63) is 35.1 Å². The highest BCUT2D eigenvalue weighted by Gasteiger charge is 2.59. The van der Waals surface area contributed by atoms with Crippen LogP contribution >= 0.6 is 0 Å². The molecule has 5 rings (SSSR count). The Hall–Kier alpha value is -2.82. The quantitative estimate of drug-likeness (QED) is 0.252. The number of nitrogens with zero attached hydrogens (tertiary/aromatic N) is 1. The third kappa shape index (κ3) is 6.51. The number of esters is 2. The summed E-state index contributed by atoms with van der Waals surface area (Å²) in [5.41, 5.74) is -1.69. The molecule has 0 bridgehead atoms. The van der Waals surface area contributed by atoms with Crippen LogP contribution in [0.1, 0.15) is 95.6 Å². The molecule has 1 unspecified atom stereocenters. The average molecular weight is 602 g/mol. The lowest BCUT2D eigenvalue weighted by Gasteiger charge is -2.39. The minimum Gasteiger partial charge on any atom is -0.497 e. The van der Waals surface area contributed by atoms with Gasteiger partial charge in [0.05, 0.1) is 37.2 Å². The summed E-state index contributed by atoms with van der Waals surface area (Å²) >= 11 is 0. The van der Waals surface area contributed by atoms with Crippen LogP contribution in [0.2, 0.25) is 0 Å². The van der Waals surface area contributed by atoms with E-state index < -0.39 is 41.2 Å². The van der Waals surface area contributed by atoms with Gasteiger partial charge in [-0.25, -0.2) is 4.79 Å². The predicted molar refractivity (Wildman–Crippen MR) is 158 cm³/mol. The summed E-state index contributed by atoms with van der Waals surface area (Å²) in [6, 6.07) is 4.02. The Balaban J connectivity index is 1.43. The van der Waals surface area contributed by atoms with Crippen LogP contribution in [0, 0.1) is 0 Å². The number of carbonyl (C=O) groups excluding carboxylic acids is 2. The zero-order chi connectivity index (χ0) is 30.8. The molecular formula is C33H47NO9. The van der Waals surface area contributed by atoms with E-state index in [4.69, 9.17) is 23.7 Å². The van der Waals surface area contributed by atoms with Gasteiger partial charge in [-0.1, -0.05) is 26.2 Å². The van der Waals surface area contributed by atoms with Crippen molar-refractivity contribution >= 4 is 11.9 Å². The fourth-order valence-corrected chi connectivity index (χ4v) is 7.10. The largest absolute Gasteiger partial charge is 0.497 e. The van der Waals surface area contributed by atoms with E-state index in [-0.39, 0.29) is 32.2 Å². The molecule has 1 aliphatic carbocycles. The maximum Gasteiger partial charge on any atom is 0.339 e. The SMILES string of the molecule is CCCCCCOC(=O)C[C@](O)(CCC(C)(C)O)C(=O)OC1C(OC)=C[C@@]23CCCN2CCc2cc4c(cc2[C@H]13)OCO4. The van der Waals surface area contributed by atoms with E-state index in [0.29, 0.717) is 23.7 Å². The minimum atomic E-state index is -2.19. The van der Waals surface area contributed by atoms with Gasteiger partial charge in [-0.2, -0.15) is 0 Å². The van der Waals surface area contributed by atoms with Crippen LogP contribution < -0.4 is 9.47 Å². The molecule has 0 saturated carbocycles. The van der Waals surface area contributed by atoms with Gasteiger partial charge in [-0.3, -0.25) is 9.69 Å². The van der Waals surface area contributed by atoms with Gasteiger partial charge in [0.1, 0.15) is 5.76 Å². The Labute approximate surface area is 254 Å². The van der Waals surface area contributed by atoms with Crippen molar-refractivity contribution in [2.75, 3.05) is 33.6 Å². The van der Waals surface area contributed by atoms with Crippen molar-refractivity contribution in [2.24, 2.45) is 0 Å². The van der Waals surface area contributed by atoms with Crippen LogP contribution in [0.3, 0.4) is 0 Å². The molecular weight excluding hydrogens is 554 g/mol. The molecule has 0 radical (unpaired) electrons. The first kappa shape index (κ1) is 31.6. The summed E-state index contributed by atoms with van der Waals surface area (Å²) < 4.78 is 28.9. The number of hydrogen-bond acceptors (Lipinski definition) is 10. The predicted octanol–water partition coefficient (Wildman–Crippen LogP) is 4.14. The van der Waals surface area contributed by atoms with Gasteiger partial charge in [0.25, 0.3) is 0 Å². The van der Waals surface area contributed by atoms with E-state index >= 15 is 0 Å². The highest BCUT2D eigenvalue weighted by molar-refractivity contribution is 5.86. The maximum atomic E-state index is 14.0. The molecule has 3 aliphatic heterocycles. The minimum absolute atomic E-state index is 0.0769. The van der Waals surface area contributed by atoms with E-state index in [2.05, 4.69) is 17.9 Å². The number of unbranched alkanes of at least 4 members (excludes halogenated alkanes) is 3. The number of benzene rings is 1. The molecule has 43 heavy (non-hydrogen) atoms. The Morgan fingerprint density at radius 3 is 2.58 bits per heavy atom. The van der Waals surface area contributed by atoms with Crippen LogP contribution in [0.5, 0.6) is 11.5 Å². The molecule has 1 aromatic carbocycles. The van der Waals surface area contributed by atoms with E-state index in [1.165, 1.54) is 0 Å². The molecule has 0 amide bonds. The lowest BCUT2D eigenvalue weighted by Crippen LogP contribution is -2.49. The second kappa shape index (κ2) is 12.7. The number of rotatable bonds is 13. The molecule has 0 aromatic heterocycles. The Morgan fingerprint density at radius 1 is 1.09 bits per heavy atom. The first-order chi connectivity index (χ1) is 20.5. The first-order valence-electron chi connectivity index (χ1n) is 15.8.